The van der Waals surface area contributed by atoms with E-state index in [-0.39, 0.29) is 6.61 Å². The smallest absolute Gasteiger partial charge is 0.335 e. The third-order valence-electron chi connectivity index (χ3n) is 3.71. The van der Waals surface area contributed by atoms with Crippen molar-refractivity contribution in [2.24, 2.45) is 0 Å². The fraction of sp³-hybridized carbons (Fsp3) is 0.533. The molecule has 0 amide bonds. The van der Waals surface area contributed by atoms with E-state index in [0.717, 1.165) is 0 Å². The van der Waals surface area contributed by atoms with Crippen LogP contribution >= 0.6 is 0 Å². The van der Waals surface area contributed by atoms with Gasteiger partial charge < -0.3 is 40.0 Å². The van der Waals surface area contributed by atoms with E-state index in [4.69, 9.17) is 19.3 Å². The molecule has 134 valence electrons. The minimum Gasteiger partial charge on any atom is -0.479 e. The van der Waals surface area contributed by atoms with E-state index in [9.17, 15) is 20.1 Å². The molecule has 2 rings (SSSR count). The number of hydrogen-bond donors (Lipinski definition) is 5. The molecule has 1 aliphatic rings. The molecule has 0 aromatic heterocycles. The zero-order chi connectivity index (χ0) is 17.9. The van der Waals surface area contributed by atoms with Gasteiger partial charge in [-0.15, -0.1) is 0 Å². The summed E-state index contributed by atoms with van der Waals surface area (Å²) in [6.07, 6.45) is -8.29. The molecule has 0 radical (unpaired) electrons. The van der Waals surface area contributed by atoms with Crippen molar-refractivity contribution in [2.45, 2.75) is 37.3 Å². The maximum atomic E-state index is 11.1. The minimum absolute atomic E-state index is 0.218. The number of hydrogen-bond acceptors (Lipinski definition) is 8. The highest BCUT2D eigenvalue weighted by Gasteiger charge is 2.48. The highest BCUT2D eigenvalue weighted by atomic mass is 16.7. The highest BCUT2D eigenvalue weighted by Crippen LogP contribution is 2.29. The molecule has 1 aromatic carbocycles. The fourth-order valence-electron chi connectivity index (χ4n) is 2.37. The Kier molecular flexibility index (Phi) is 5.97. The molecule has 0 saturated carbocycles. The van der Waals surface area contributed by atoms with E-state index >= 15 is 0 Å². The first-order valence-corrected chi connectivity index (χ1v) is 7.27. The van der Waals surface area contributed by atoms with E-state index in [1.807, 2.05) is 0 Å². The average Bonchev–Trinajstić information content (AvgIpc) is 2.56. The Morgan fingerprint density at radius 3 is 2.54 bits per heavy atom. The Labute approximate surface area is 138 Å². The lowest BCUT2D eigenvalue weighted by Crippen LogP contribution is -2.61. The summed E-state index contributed by atoms with van der Waals surface area (Å²) in [5.41, 5.74) is 1.35. The van der Waals surface area contributed by atoms with E-state index in [1.165, 1.54) is 7.11 Å². The predicted molar refractivity (Wildman–Crippen MR) is 81.6 cm³/mol. The number of methoxy groups -OCH3 is 1. The number of carboxylic acid groups (broad SMARTS) is 1. The van der Waals surface area contributed by atoms with Gasteiger partial charge in [0.1, 0.15) is 24.1 Å². The number of nitrogens with one attached hydrogen (secondary N) is 1. The number of anilines is 1. The second-order valence-electron chi connectivity index (χ2n) is 5.36. The van der Waals surface area contributed by atoms with Gasteiger partial charge in [-0.25, -0.2) is 4.79 Å². The van der Waals surface area contributed by atoms with Gasteiger partial charge in [-0.3, -0.25) is 0 Å². The summed E-state index contributed by atoms with van der Waals surface area (Å²) in [6.45, 7) is 0.218. The number of carboxylic acids is 1. The second-order valence-corrected chi connectivity index (χ2v) is 5.36. The summed E-state index contributed by atoms with van der Waals surface area (Å²) in [5, 5.41) is 41.5. The van der Waals surface area contributed by atoms with Gasteiger partial charge in [0.2, 0.25) is 6.29 Å². The first-order valence-electron chi connectivity index (χ1n) is 7.27. The predicted octanol–water partition coefficient (Wildman–Crippen LogP) is -0.854. The Hall–Kier alpha value is -1.91. The molecule has 1 fully saturated rings. The number of rotatable bonds is 6. The lowest BCUT2D eigenvalue weighted by Gasteiger charge is -2.38. The average molecular weight is 343 g/mol. The van der Waals surface area contributed by atoms with Crippen LogP contribution in [0.25, 0.3) is 0 Å². The van der Waals surface area contributed by atoms with Gasteiger partial charge in [0, 0.05) is 31.5 Å². The summed E-state index contributed by atoms with van der Waals surface area (Å²) < 4.78 is 15.7. The van der Waals surface area contributed by atoms with Gasteiger partial charge in [-0.2, -0.15) is 0 Å². The SMILES string of the molecule is CNc1ccc(COC)c(O[C@@H]2O[C@H](C(=O)O)[C@@H](O)[C@H](O)[C@H]2O)c1. The summed E-state index contributed by atoms with van der Waals surface area (Å²) in [6, 6.07) is 5.15. The van der Waals surface area contributed by atoms with Crippen molar-refractivity contribution < 1.29 is 39.4 Å². The third kappa shape index (κ3) is 3.77. The van der Waals surface area contributed by atoms with Crippen LogP contribution in [0, 0.1) is 0 Å². The lowest BCUT2D eigenvalue weighted by atomic mass is 9.99. The first kappa shape index (κ1) is 18.4. The zero-order valence-corrected chi connectivity index (χ0v) is 13.2. The highest BCUT2D eigenvalue weighted by molar-refractivity contribution is 5.73. The van der Waals surface area contributed by atoms with Crippen LogP contribution in [0.3, 0.4) is 0 Å². The number of aliphatic carboxylic acids is 1. The van der Waals surface area contributed by atoms with Crippen molar-refractivity contribution >= 4 is 11.7 Å². The van der Waals surface area contributed by atoms with Gasteiger partial charge in [-0.1, -0.05) is 6.07 Å². The number of aliphatic hydroxyl groups excluding tert-OH is 3. The molecule has 0 spiro atoms. The van der Waals surface area contributed by atoms with Gasteiger partial charge in [0.05, 0.1) is 6.61 Å². The molecule has 0 unspecified atom stereocenters. The summed E-state index contributed by atoms with van der Waals surface area (Å²) in [7, 11) is 3.21. The normalized spacial score (nSPS) is 30.0. The summed E-state index contributed by atoms with van der Waals surface area (Å²) >= 11 is 0. The van der Waals surface area contributed by atoms with Crippen LogP contribution in [0.4, 0.5) is 5.69 Å². The van der Waals surface area contributed by atoms with Crippen molar-refractivity contribution in [3.8, 4) is 5.75 Å². The van der Waals surface area contributed by atoms with Crippen LogP contribution in [-0.2, 0) is 20.9 Å². The number of carbonyl (C=O) groups is 1. The zero-order valence-electron chi connectivity index (χ0n) is 13.2. The van der Waals surface area contributed by atoms with E-state index in [1.54, 1.807) is 25.2 Å². The summed E-state index contributed by atoms with van der Waals surface area (Å²) in [5.74, 6) is -1.18. The first-order chi connectivity index (χ1) is 11.4. The molecule has 1 heterocycles. The van der Waals surface area contributed by atoms with Crippen molar-refractivity contribution in [3.63, 3.8) is 0 Å². The van der Waals surface area contributed by atoms with Crippen LogP contribution in [0.15, 0.2) is 18.2 Å². The molecular weight excluding hydrogens is 322 g/mol. The third-order valence-corrected chi connectivity index (χ3v) is 3.71. The molecule has 1 aliphatic heterocycles. The molecule has 9 nitrogen and oxygen atoms in total. The molecule has 1 saturated heterocycles. The van der Waals surface area contributed by atoms with Gasteiger partial charge in [0.15, 0.2) is 6.10 Å². The Balaban J connectivity index is 2.26. The van der Waals surface area contributed by atoms with Crippen molar-refractivity contribution in [3.05, 3.63) is 23.8 Å². The van der Waals surface area contributed by atoms with Crippen LogP contribution in [0.1, 0.15) is 5.56 Å². The number of ether oxygens (including phenoxy) is 3. The Morgan fingerprint density at radius 2 is 1.96 bits per heavy atom. The van der Waals surface area contributed by atoms with Crippen LogP contribution in [0.2, 0.25) is 0 Å². The topological polar surface area (TPSA) is 138 Å². The molecule has 0 bridgehead atoms. The minimum atomic E-state index is -1.76. The molecule has 1 aromatic rings. The Bertz CT molecular complexity index is 581. The molecule has 5 N–H and O–H groups in total. The monoisotopic (exact) mass is 343 g/mol. The molecular formula is C15H21NO8. The van der Waals surface area contributed by atoms with Gasteiger partial charge in [-0.05, 0) is 6.07 Å². The fourth-order valence-corrected chi connectivity index (χ4v) is 2.37. The Morgan fingerprint density at radius 1 is 1.25 bits per heavy atom. The second kappa shape index (κ2) is 7.77. The molecule has 5 atom stereocenters. The van der Waals surface area contributed by atoms with E-state index < -0.39 is 36.7 Å². The molecule has 9 heteroatoms. The number of benzene rings is 1. The van der Waals surface area contributed by atoms with Gasteiger partial charge >= 0.3 is 5.97 Å². The van der Waals surface area contributed by atoms with E-state index in [2.05, 4.69) is 5.32 Å². The standard InChI is InChI=1S/C15H21NO8/c1-16-8-4-3-7(6-22-2)9(5-8)23-15-12(19)10(17)11(18)13(24-15)14(20)21/h3-5,10-13,15-19H,6H2,1-2H3,(H,20,21)/t10-,11-,12+,13-,15+/m0/s1. The summed E-state index contributed by atoms with van der Waals surface area (Å²) in [4.78, 5) is 11.1. The van der Waals surface area contributed by atoms with Crippen LogP contribution < -0.4 is 10.1 Å². The van der Waals surface area contributed by atoms with E-state index in [0.29, 0.717) is 17.0 Å². The molecule has 24 heavy (non-hydrogen) atoms. The number of aliphatic hydroxyl groups is 3. The van der Waals surface area contributed by atoms with Crippen LogP contribution in [0.5, 0.6) is 5.75 Å². The van der Waals surface area contributed by atoms with Crippen LogP contribution in [-0.4, -0.2) is 71.3 Å². The van der Waals surface area contributed by atoms with Crippen molar-refractivity contribution in [2.75, 3.05) is 19.5 Å². The van der Waals surface area contributed by atoms with Crippen molar-refractivity contribution in [1.29, 1.82) is 0 Å². The quantitative estimate of drug-likeness (QED) is 0.447. The van der Waals surface area contributed by atoms with Gasteiger partial charge in [0.25, 0.3) is 0 Å². The largest absolute Gasteiger partial charge is 0.479 e. The lowest BCUT2D eigenvalue weighted by molar-refractivity contribution is -0.271. The maximum Gasteiger partial charge on any atom is 0.335 e. The van der Waals surface area contributed by atoms with Crippen molar-refractivity contribution in [1.82, 2.24) is 0 Å². The molecule has 0 aliphatic carbocycles. The maximum absolute atomic E-state index is 11.1.